The summed E-state index contributed by atoms with van der Waals surface area (Å²) in [6.07, 6.45) is 2.39. The van der Waals surface area contributed by atoms with Crippen molar-refractivity contribution in [2.24, 2.45) is 5.92 Å². The summed E-state index contributed by atoms with van der Waals surface area (Å²) in [5.41, 5.74) is 1.74. The van der Waals surface area contributed by atoms with E-state index in [1.54, 1.807) is 11.9 Å². The number of carbonyl (C=O) groups is 2. The molecular formula is C15H18N2O3. The number of carbonyl (C=O) groups excluding carboxylic acids is 2. The largest absolute Gasteiger partial charge is 0.491 e. The minimum absolute atomic E-state index is 0.0444. The second-order valence-electron chi connectivity index (χ2n) is 5.35. The molecule has 2 aliphatic rings. The molecule has 20 heavy (non-hydrogen) atoms. The summed E-state index contributed by atoms with van der Waals surface area (Å²) in [7, 11) is 1.75. The van der Waals surface area contributed by atoms with Crippen LogP contribution in [-0.2, 0) is 16.1 Å². The lowest BCUT2D eigenvalue weighted by molar-refractivity contribution is -0.122. The summed E-state index contributed by atoms with van der Waals surface area (Å²) < 4.78 is 5.57. The zero-order valence-electron chi connectivity index (χ0n) is 11.5. The molecule has 3 rings (SSSR count). The van der Waals surface area contributed by atoms with Crippen LogP contribution in [0.15, 0.2) is 18.2 Å². The number of fused-ring (bicyclic) bond motifs is 1. The lowest BCUT2D eigenvalue weighted by Crippen LogP contribution is -2.26. The van der Waals surface area contributed by atoms with Crippen molar-refractivity contribution in [2.75, 3.05) is 18.6 Å². The van der Waals surface area contributed by atoms with Gasteiger partial charge in [0.25, 0.3) is 0 Å². The predicted molar refractivity (Wildman–Crippen MR) is 74.5 cm³/mol. The SMILES string of the molecule is CN1C(=O)CCOc2ccc(CNC(=O)C3CC3)cc21. The van der Waals surface area contributed by atoms with E-state index in [4.69, 9.17) is 4.74 Å². The summed E-state index contributed by atoms with van der Waals surface area (Å²) >= 11 is 0. The molecule has 0 radical (unpaired) electrons. The lowest BCUT2D eigenvalue weighted by atomic mass is 10.1. The van der Waals surface area contributed by atoms with Gasteiger partial charge in [0.05, 0.1) is 18.7 Å². The molecule has 0 unspecified atom stereocenters. The first-order chi connectivity index (χ1) is 9.65. The van der Waals surface area contributed by atoms with Gasteiger partial charge < -0.3 is 15.0 Å². The van der Waals surface area contributed by atoms with Crippen molar-refractivity contribution in [3.8, 4) is 5.75 Å². The second kappa shape index (κ2) is 5.15. The molecule has 0 aromatic heterocycles. The molecule has 0 saturated heterocycles. The van der Waals surface area contributed by atoms with E-state index in [9.17, 15) is 9.59 Å². The maximum atomic E-state index is 11.8. The molecule has 5 nitrogen and oxygen atoms in total. The van der Waals surface area contributed by atoms with Crippen molar-refractivity contribution >= 4 is 17.5 Å². The van der Waals surface area contributed by atoms with Crippen LogP contribution < -0.4 is 15.0 Å². The highest BCUT2D eigenvalue weighted by atomic mass is 16.5. The summed E-state index contributed by atoms with van der Waals surface area (Å²) in [6, 6.07) is 5.70. The monoisotopic (exact) mass is 274 g/mol. The van der Waals surface area contributed by atoms with Crippen molar-refractivity contribution in [3.05, 3.63) is 23.8 Å². The number of rotatable bonds is 3. The van der Waals surface area contributed by atoms with Crippen LogP contribution in [0.1, 0.15) is 24.8 Å². The Balaban J connectivity index is 1.75. The Hall–Kier alpha value is -2.04. The fourth-order valence-corrected chi connectivity index (χ4v) is 2.29. The Morgan fingerprint density at radius 1 is 1.45 bits per heavy atom. The van der Waals surface area contributed by atoms with Gasteiger partial charge in [0.1, 0.15) is 5.75 Å². The van der Waals surface area contributed by atoms with E-state index in [2.05, 4.69) is 5.32 Å². The number of ether oxygens (including phenoxy) is 1. The van der Waals surface area contributed by atoms with Crippen LogP contribution >= 0.6 is 0 Å². The average Bonchev–Trinajstić information content (AvgIpc) is 3.28. The first-order valence-electron chi connectivity index (χ1n) is 6.95. The minimum Gasteiger partial charge on any atom is -0.491 e. The van der Waals surface area contributed by atoms with Crippen molar-refractivity contribution in [3.63, 3.8) is 0 Å². The first kappa shape index (κ1) is 13.0. The van der Waals surface area contributed by atoms with Gasteiger partial charge in [-0.15, -0.1) is 0 Å². The molecule has 106 valence electrons. The number of benzene rings is 1. The van der Waals surface area contributed by atoms with Crippen LogP contribution in [0.2, 0.25) is 0 Å². The van der Waals surface area contributed by atoms with Crippen LogP contribution in [-0.4, -0.2) is 25.5 Å². The van der Waals surface area contributed by atoms with E-state index in [1.165, 1.54) is 0 Å². The second-order valence-corrected chi connectivity index (χ2v) is 5.35. The fraction of sp³-hybridized carbons (Fsp3) is 0.467. The molecule has 1 aliphatic carbocycles. The number of anilines is 1. The van der Waals surface area contributed by atoms with E-state index in [0.717, 1.165) is 29.8 Å². The van der Waals surface area contributed by atoms with Crippen molar-refractivity contribution < 1.29 is 14.3 Å². The molecule has 1 aliphatic heterocycles. The van der Waals surface area contributed by atoms with Gasteiger partial charge in [0, 0.05) is 19.5 Å². The number of nitrogens with zero attached hydrogens (tertiary/aromatic N) is 1. The molecular weight excluding hydrogens is 256 g/mol. The minimum atomic E-state index is 0.0444. The van der Waals surface area contributed by atoms with Crippen molar-refractivity contribution in [2.45, 2.75) is 25.8 Å². The quantitative estimate of drug-likeness (QED) is 0.907. The predicted octanol–water partition coefficient (Wildman–Crippen LogP) is 1.46. The summed E-state index contributed by atoms with van der Waals surface area (Å²) in [5, 5.41) is 2.93. The molecule has 0 spiro atoms. The topological polar surface area (TPSA) is 58.6 Å². The molecule has 1 saturated carbocycles. The van der Waals surface area contributed by atoms with Crippen molar-refractivity contribution in [1.82, 2.24) is 5.32 Å². The Morgan fingerprint density at radius 3 is 3.00 bits per heavy atom. The zero-order valence-corrected chi connectivity index (χ0v) is 11.5. The van der Waals surface area contributed by atoms with Gasteiger partial charge in [0.15, 0.2) is 0 Å². The molecule has 1 aromatic rings. The molecule has 0 bridgehead atoms. The molecule has 5 heteroatoms. The fourth-order valence-electron chi connectivity index (χ4n) is 2.29. The highest BCUT2D eigenvalue weighted by Gasteiger charge is 2.29. The maximum absolute atomic E-state index is 11.8. The third kappa shape index (κ3) is 2.61. The summed E-state index contributed by atoms with van der Waals surface area (Å²) in [6.45, 7) is 0.901. The molecule has 1 aromatic carbocycles. The van der Waals surface area contributed by atoms with Gasteiger partial charge in [-0.05, 0) is 30.5 Å². The van der Waals surface area contributed by atoms with E-state index in [1.807, 2.05) is 18.2 Å². The zero-order chi connectivity index (χ0) is 14.1. The van der Waals surface area contributed by atoms with E-state index in [-0.39, 0.29) is 17.7 Å². The van der Waals surface area contributed by atoms with Crippen LogP contribution in [0.4, 0.5) is 5.69 Å². The smallest absolute Gasteiger partial charge is 0.230 e. The Kier molecular flexibility index (Phi) is 3.34. The highest BCUT2D eigenvalue weighted by Crippen LogP contribution is 2.32. The summed E-state index contributed by atoms with van der Waals surface area (Å²) in [4.78, 5) is 25.1. The molecule has 0 atom stereocenters. The maximum Gasteiger partial charge on any atom is 0.230 e. The van der Waals surface area contributed by atoms with Crippen LogP contribution in [0.5, 0.6) is 5.75 Å². The van der Waals surface area contributed by atoms with Crippen LogP contribution in [0.3, 0.4) is 0 Å². The molecule has 1 fully saturated rings. The first-order valence-corrected chi connectivity index (χ1v) is 6.95. The van der Waals surface area contributed by atoms with Gasteiger partial charge in [-0.3, -0.25) is 9.59 Å². The highest BCUT2D eigenvalue weighted by molar-refractivity contribution is 5.95. The van der Waals surface area contributed by atoms with Gasteiger partial charge in [0.2, 0.25) is 11.8 Å². The van der Waals surface area contributed by atoms with Gasteiger partial charge >= 0.3 is 0 Å². The lowest BCUT2D eigenvalue weighted by Gasteiger charge is -2.17. The number of hydrogen-bond donors (Lipinski definition) is 1. The van der Waals surface area contributed by atoms with Crippen LogP contribution in [0, 0.1) is 5.92 Å². The Labute approximate surface area is 117 Å². The van der Waals surface area contributed by atoms with Gasteiger partial charge in [-0.25, -0.2) is 0 Å². The standard InChI is InChI=1S/C15H18N2O3/c1-17-12-8-10(9-16-15(19)11-3-4-11)2-5-13(12)20-7-6-14(17)18/h2,5,8,11H,3-4,6-7,9H2,1H3,(H,16,19). The molecule has 1 heterocycles. The molecule has 1 N–H and O–H groups in total. The third-order valence-electron chi connectivity index (χ3n) is 3.75. The summed E-state index contributed by atoms with van der Waals surface area (Å²) in [5.74, 6) is 1.10. The van der Waals surface area contributed by atoms with E-state index in [0.29, 0.717) is 19.6 Å². The molecule has 2 amide bonds. The Morgan fingerprint density at radius 2 is 2.25 bits per heavy atom. The average molecular weight is 274 g/mol. The normalized spacial score (nSPS) is 18.1. The number of hydrogen-bond acceptors (Lipinski definition) is 3. The van der Waals surface area contributed by atoms with E-state index >= 15 is 0 Å². The number of amides is 2. The third-order valence-corrected chi connectivity index (χ3v) is 3.75. The van der Waals surface area contributed by atoms with E-state index < -0.39 is 0 Å². The number of nitrogens with one attached hydrogen (secondary N) is 1. The van der Waals surface area contributed by atoms with Gasteiger partial charge in [-0.1, -0.05) is 6.07 Å². The van der Waals surface area contributed by atoms with Crippen LogP contribution in [0.25, 0.3) is 0 Å². The van der Waals surface area contributed by atoms with Gasteiger partial charge in [-0.2, -0.15) is 0 Å². The Bertz CT molecular complexity index is 552. The van der Waals surface area contributed by atoms with Crippen molar-refractivity contribution in [1.29, 1.82) is 0 Å².